The van der Waals surface area contributed by atoms with E-state index in [0.29, 0.717) is 11.1 Å². The molecule has 2 aliphatic rings. The van der Waals surface area contributed by atoms with E-state index in [2.05, 4.69) is 9.80 Å². The molecular weight excluding hydrogens is 392 g/mol. The summed E-state index contributed by atoms with van der Waals surface area (Å²) in [4.78, 5) is 29.7. The van der Waals surface area contributed by atoms with Crippen LogP contribution in [0.4, 0.5) is 5.69 Å². The first-order valence-corrected chi connectivity index (χ1v) is 10.8. The number of carbonyl (C=O) groups is 2. The standard InChI is InChI=1S/C25H30N2O4/c1-5-26(6-2)16-9-11-18(21(28)13-16)20-15-23(30)24(25(20)31)19-12-10-17(14-22(19)29)27(7-3)8-4/h9-14,29,31H,5-8,15H2,1-4H3/b20-18+. The van der Waals surface area contributed by atoms with E-state index in [1.807, 2.05) is 39.8 Å². The minimum atomic E-state index is -0.314. The van der Waals surface area contributed by atoms with Gasteiger partial charge in [0.2, 0.25) is 0 Å². The van der Waals surface area contributed by atoms with Crippen LogP contribution in [0.5, 0.6) is 5.75 Å². The molecule has 164 valence electrons. The Morgan fingerprint density at radius 2 is 1.55 bits per heavy atom. The number of phenols is 1. The summed E-state index contributed by atoms with van der Waals surface area (Å²) in [6.07, 6.45) is 4.98. The Kier molecular flexibility index (Phi) is 6.68. The molecule has 1 aromatic rings. The number of aliphatic hydroxyl groups is 1. The van der Waals surface area contributed by atoms with Gasteiger partial charge >= 0.3 is 0 Å². The lowest BCUT2D eigenvalue weighted by Gasteiger charge is -2.24. The number of allylic oxidation sites excluding steroid dienone is 6. The second kappa shape index (κ2) is 9.25. The van der Waals surface area contributed by atoms with Crippen LogP contribution in [-0.4, -0.2) is 52.9 Å². The average molecular weight is 423 g/mol. The van der Waals surface area contributed by atoms with Crippen LogP contribution >= 0.6 is 0 Å². The lowest BCUT2D eigenvalue weighted by Crippen LogP contribution is -2.23. The van der Waals surface area contributed by atoms with Crippen molar-refractivity contribution in [3.05, 3.63) is 64.6 Å². The number of aromatic hydroxyl groups is 1. The fourth-order valence-corrected chi connectivity index (χ4v) is 4.18. The largest absolute Gasteiger partial charge is 0.507 e. The number of carbonyl (C=O) groups excluding carboxylic acids is 2. The molecule has 0 spiro atoms. The molecule has 2 aliphatic carbocycles. The highest BCUT2D eigenvalue weighted by molar-refractivity contribution is 6.27. The number of benzene rings is 1. The van der Waals surface area contributed by atoms with Crippen LogP contribution in [0.1, 0.15) is 39.7 Å². The normalized spacial score (nSPS) is 18.6. The number of rotatable bonds is 7. The molecular formula is C25H30N2O4. The zero-order valence-electron chi connectivity index (χ0n) is 18.6. The third kappa shape index (κ3) is 4.15. The van der Waals surface area contributed by atoms with Gasteiger partial charge < -0.3 is 20.0 Å². The Labute approximate surface area is 183 Å². The van der Waals surface area contributed by atoms with E-state index in [0.717, 1.165) is 37.6 Å². The lowest BCUT2D eigenvalue weighted by atomic mass is 9.97. The Bertz CT molecular complexity index is 1020. The molecule has 0 unspecified atom stereocenters. The van der Waals surface area contributed by atoms with Crippen LogP contribution in [-0.2, 0) is 9.59 Å². The van der Waals surface area contributed by atoms with Crippen molar-refractivity contribution in [1.82, 2.24) is 4.90 Å². The fraction of sp³-hybridized carbons (Fsp3) is 0.360. The smallest absolute Gasteiger partial charge is 0.188 e. The Morgan fingerprint density at radius 1 is 0.903 bits per heavy atom. The highest BCUT2D eigenvalue weighted by atomic mass is 16.3. The summed E-state index contributed by atoms with van der Waals surface area (Å²) in [6.45, 7) is 11.2. The van der Waals surface area contributed by atoms with Crippen LogP contribution in [0.25, 0.3) is 5.57 Å². The van der Waals surface area contributed by atoms with Gasteiger partial charge in [-0.25, -0.2) is 0 Å². The number of ketones is 2. The van der Waals surface area contributed by atoms with Gasteiger partial charge in [0.1, 0.15) is 11.5 Å². The topological polar surface area (TPSA) is 81.1 Å². The second-order valence-electron chi connectivity index (χ2n) is 7.53. The van der Waals surface area contributed by atoms with Crippen LogP contribution in [0, 0.1) is 0 Å². The van der Waals surface area contributed by atoms with Gasteiger partial charge in [0.05, 0.1) is 5.57 Å². The predicted octanol–water partition coefficient (Wildman–Crippen LogP) is 4.14. The molecule has 1 aromatic carbocycles. The van der Waals surface area contributed by atoms with Gasteiger partial charge in [-0.1, -0.05) is 0 Å². The van der Waals surface area contributed by atoms with Crippen LogP contribution in [0.2, 0.25) is 0 Å². The molecule has 31 heavy (non-hydrogen) atoms. The minimum absolute atomic E-state index is 0.0609. The van der Waals surface area contributed by atoms with E-state index in [4.69, 9.17) is 0 Å². The van der Waals surface area contributed by atoms with Crippen molar-refractivity contribution in [2.24, 2.45) is 0 Å². The summed E-state index contributed by atoms with van der Waals surface area (Å²) < 4.78 is 0. The molecule has 0 saturated carbocycles. The molecule has 0 aromatic heterocycles. The summed E-state index contributed by atoms with van der Waals surface area (Å²) in [5.41, 5.74) is 2.62. The van der Waals surface area contributed by atoms with Crippen molar-refractivity contribution < 1.29 is 19.8 Å². The van der Waals surface area contributed by atoms with Gasteiger partial charge in [-0.05, 0) is 52.0 Å². The number of anilines is 1. The van der Waals surface area contributed by atoms with E-state index < -0.39 is 0 Å². The fourth-order valence-electron chi connectivity index (χ4n) is 4.18. The lowest BCUT2D eigenvalue weighted by molar-refractivity contribution is -0.112. The number of hydrogen-bond donors (Lipinski definition) is 2. The van der Waals surface area contributed by atoms with Crippen molar-refractivity contribution in [2.75, 3.05) is 31.1 Å². The second-order valence-corrected chi connectivity index (χ2v) is 7.53. The van der Waals surface area contributed by atoms with Gasteiger partial charge in [-0.3, -0.25) is 9.59 Å². The van der Waals surface area contributed by atoms with Crippen molar-refractivity contribution >= 4 is 22.8 Å². The minimum Gasteiger partial charge on any atom is -0.507 e. The highest BCUT2D eigenvalue weighted by Gasteiger charge is 2.33. The van der Waals surface area contributed by atoms with E-state index in [-0.39, 0.29) is 40.6 Å². The molecule has 0 amide bonds. The summed E-state index contributed by atoms with van der Waals surface area (Å²) in [7, 11) is 0. The molecule has 0 saturated heterocycles. The molecule has 3 rings (SSSR count). The van der Waals surface area contributed by atoms with Crippen LogP contribution in [0.15, 0.2) is 59.0 Å². The van der Waals surface area contributed by atoms with Crippen molar-refractivity contribution in [3.8, 4) is 5.75 Å². The van der Waals surface area contributed by atoms with Crippen molar-refractivity contribution in [2.45, 2.75) is 34.1 Å². The number of phenolic OH excluding ortho intramolecular Hbond substituents is 1. The molecule has 2 N–H and O–H groups in total. The molecule has 0 heterocycles. The Balaban J connectivity index is 2.00. The van der Waals surface area contributed by atoms with E-state index in [1.54, 1.807) is 24.3 Å². The Hall–Kier alpha value is -3.28. The van der Waals surface area contributed by atoms with E-state index >= 15 is 0 Å². The third-order valence-corrected chi connectivity index (χ3v) is 5.94. The zero-order chi connectivity index (χ0) is 22.7. The molecule has 6 nitrogen and oxygen atoms in total. The number of likely N-dealkylation sites (N-methyl/N-ethyl adjacent to an activating group) is 1. The third-order valence-electron chi connectivity index (χ3n) is 5.94. The number of aliphatic hydroxyl groups excluding tert-OH is 1. The molecule has 0 atom stereocenters. The van der Waals surface area contributed by atoms with Crippen molar-refractivity contribution in [1.29, 1.82) is 0 Å². The Morgan fingerprint density at radius 3 is 2.10 bits per heavy atom. The van der Waals surface area contributed by atoms with E-state index in [1.165, 1.54) is 0 Å². The molecule has 0 radical (unpaired) electrons. The molecule has 0 fully saturated rings. The number of Topliss-reactive ketones (excluding diaryl/α,β-unsaturated/α-hetero) is 1. The first-order valence-electron chi connectivity index (χ1n) is 10.8. The van der Waals surface area contributed by atoms with Gasteiger partial charge in [0.25, 0.3) is 0 Å². The van der Waals surface area contributed by atoms with Crippen LogP contribution < -0.4 is 4.90 Å². The van der Waals surface area contributed by atoms with E-state index in [9.17, 15) is 19.8 Å². The molecule has 0 bridgehead atoms. The number of hydrogen-bond acceptors (Lipinski definition) is 6. The van der Waals surface area contributed by atoms with Gasteiger partial charge in [-0.2, -0.15) is 0 Å². The summed E-state index contributed by atoms with van der Waals surface area (Å²) in [5.74, 6) is -0.852. The summed E-state index contributed by atoms with van der Waals surface area (Å²) in [5, 5.41) is 21.5. The quantitative estimate of drug-likeness (QED) is 0.643. The molecule has 0 aliphatic heterocycles. The zero-order valence-corrected chi connectivity index (χ0v) is 18.6. The molecule has 6 heteroatoms. The average Bonchev–Trinajstić information content (AvgIpc) is 3.04. The van der Waals surface area contributed by atoms with Crippen molar-refractivity contribution in [3.63, 3.8) is 0 Å². The SMILES string of the molecule is CCN(CC)C1=CC(=O)/C(=C2\CC(=O)C(c3ccc(N(CC)CC)cc3O)=C2O)C=C1. The maximum absolute atomic E-state index is 12.8. The predicted molar refractivity (Wildman–Crippen MR) is 123 cm³/mol. The van der Waals surface area contributed by atoms with Crippen LogP contribution in [0.3, 0.4) is 0 Å². The van der Waals surface area contributed by atoms with Gasteiger partial charge in [0.15, 0.2) is 11.6 Å². The van der Waals surface area contributed by atoms with Gasteiger partial charge in [0, 0.05) is 72.8 Å². The number of nitrogens with zero attached hydrogens (tertiary/aromatic N) is 2. The summed E-state index contributed by atoms with van der Waals surface area (Å²) >= 11 is 0. The first-order chi connectivity index (χ1) is 14.9. The highest BCUT2D eigenvalue weighted by Crippen LogP contribution is 2.40. The van der Waals surface area contributed by atoms with Gasteiger partial charge in [-0.15, -0.1) is 0 Å². The first kappa shape index (κ1) is 22.4. The monoisotopic (exact) mass is 422 g/mol. The maximum Gasteiger partial charge on any atom is 0.188 e. The summed E-state index contributed by atoms with van der Waals surface area (Å²) in [6, 6.07) is 5.08. The maximum atomic E-state index is 12.8.